The maximum absolute atomic E-state index is 12.3. The van der Waals surface area contributed by atoms with Crippen molar-refractivity contribution in [2.75, 3.05) is 39.3 Å². The van der Waals surface area contributed by atoms with Crippen LogP contribution in [0.15, 0.2) is 54.6 Å². The van der Waals surface area contributed by atoms with Gasteiger partial charge in [0.15, 0.2) is 17.3 Å². The van der Waals surface area contributed by atoms with E-state index in [1.807, 2.05) is 18.2 Å². The summed E-state index contributed by atoms with van der Waals surface area (Å²) >= 11 is 0. The molecule has 0 saturated carbocycles. The van der Waals surface area contributed by atoms with E-state index in [-0.39, 0.29) is 17.3 Å². The van der Waals surface area contributed by atoms with Crippen LogP contribution in [0.2, 0.25) is 0 Å². The van der Waals surface area contributed by atoms with Crippen molar-refractivity contribution in [2.45, 2.75) is 0 Å². The molecule has 0 aliphatic carbocycles. The van der Waals surface area contributed by atoms with Crippen LogP contribution in [0.4, 0.5) is 0 Å². The molecule has 0 bridgehead atoms. The molecule has 0 aromatic heterocycles. The highest BCUT2D eigenvalue weighted by Crippen LogP contribution is 2.25. The molecule has 1 heterocycles. The number of phenols is 2. The molecular weight excluding hydrogens is 328 g/mol. The summed E-state index contributed by atoms with van der Waals surface area (Å²) in [6.07, 6.45) is 4.31. The fourth-order valence-electron chi connectivity index (χ4n) is 3.02. The van der Waals surface area contributed by atoms with E-state index in [1.165, 1.54) is 17.7 Å². The number of nitrogens with zero attached hydrogens (tertiary/aromatic N) is 2. The fourth-order valence-corrected chi connectivity index (χ4v) is 3.02. The minimum atomic E-state index is -0.258. The number of piperazine rings is 1. The zero-order valence-electron chi connectivity index (χ0n) is 14.7. The van der Waals surface area contributed by atoms with Crippen molar-refractivity contribution in [3.05, 3.63) is 65.7 Å². The number of aromatic hydroxyl groups is 2. The van der Waals surface area contributed by atoms with Crippen LogP contribution in [0.3, 0.4) is 0 Å². The zero-order chi connectivity index (χ0) is 18.4. The Labute approximate surface area is 153 Å². The summed E-state index contributed by atoms with van der Waals surface area (Å²) in [4.78, 5) is 16.8. The lowest BCUT2D eigenvalue weighted by Gasteiger charge is -2.33. The van der Waals surface area contributed by atoms with Crippen molar-refractivity contribution in [1.29, 1.82) is 0 Å². The average molecular weight is 352 g/mol. The van der Waals surface area contributed by atoms with Gasteiger partial charge in [0.1, 0.15) is 0 Å². The van der Waals surface area contributed by atoms with Gasteiger partial charge in [-0.15, -0.1) is 0 Å². The van der Waals surface area contributed by atoms with Crippen LogP contribution in [0, 0.1) is 0 Å². The normalized spacial score (nSPS) is 16.2. The maximum atomic E-state index is 12.3. The van der Waals surface area contributed by atoms with E-state index < -0.39 is 0 Å². The second-order valence-electron chi connectivity index (χ2n) is 6.52. The van der Waals surface area contributed by atoms with E-state index in [4.69, 9.17) is 0 Å². The van der Waals surface area contributed by atoms with Crippen LogP contribution >= 0.6 is 0 Å². The Kier molecular flexibility index (Phi) is 6.04. The molecule has 136 valence electrons. The molecule has 1 aliphatic heterocycles. The van der Waals surface area contributed by atoms with Crippen molar-refractivity contribution in [2.24, 2.45) is 0 Å². The van der Waals surface area contributed by atoms with E-state index in [9.17, 15) is 15.0 Å². The Hall–Kier alpha value is -2.63. The molecule has 1 aliphatic rings. The van der Waals surface area contributed by atoms with Crippen LogP contribution in [-0.4, -0.2) is 65.1 Å². The Morgan fingerprint density at radius 2 is 1.62 bits per heavy atom. The van der Waals surface area contributed by atoms with Crippen LogP contribution in [0.1, 0.15) is 15.9 Å². The first kappa shape index (κ1) is 18.2. The van der Waals surface area contributed by atoms with E-state index in [2.05, 4.69) is 34.1 Å². The zero-order valence-corrected chi connectivity index (χ0v) is 14.7. The molecule has 5 heteroatoms. The van der Waals surface area contributed by atoms with Gasteiger partial charge in [-0.25, -0.2) is 0 Å². The first-order chi connectivity index (χ1) is 12.6. The van der Waals surface area contributed by atoms with Crippen LogP contribution in [-0.2, 0) is 0 Å². The number of carbonyl (C=O) groups excluding carboxylic acids is 1. The largest absolute Gasteiger partial charge is 0.504 e. The van der Waals surface area contributed by atoms with Crippen molar-refractivity contribution < 1.29 is 15.0 Å². The summed E-state index contributed by atoms with van der Waals surface area (Å²) in [5.41, 5.74) is 1.63. The van der Waals surface area contributed by atoms with Crippen LogP contribution < -0.4 is 0 Å². The Bertz CT molecular complexity index is 766. The fraction of sp³-hybridized carbons (Fsp3) is 0.286. The van der Waals surface area contributed by atoms with E-state index >= 15 is 0 Å². The summed E-state index contributed by atoms with van der Waals surface area (Å²) in [6.45, 7) is 4.77. The van der Waals surface area contributed by atoms with Gasteiger partial charge in [0.05, 0.1) is 6.54 Å². The average Bonchev–Trinajstić information content (AvgIpc) is 2.66. The second kappa shape index (κ2) is 8.65. The predicted octanol–water partition coefficient (Wildman–Crippen LogP) is 2.61. The monoisotopic (exact) mass is 352 g/mol. The SMILES string of the molecule is O=C(CN1CCN(C/C=C\c2ccccc2)CC1)c1ccc(O)c(O)c1. The minimum absolute atomic E-state index is 0.0438. The van der Waals surface area contributed by atoms with E-state index in [1.54, 1.807) is 6.07 Å². The molecule has 1 fully saturated rings. The Morgan fingerprint density at radius 3 is 2.31 bits per heavy atom. The van der Waals surface area contributed by atoms with Gasteiger partial charge in [-0.05, 0) is 23.8 Å². The summed E-state index contributed by atoms with van der Waals surface area (Å²) in [5.74, 6) is -0.512. The van der Waals surface area contributed by atoms with Gasteiger partial charge in [-0.3, -0.25) is 14.6 Å². The molecule has 0 amide bonds. The summed E-state index contributed by atoms with van der Waals surface area (Å²) < 4.78 is 0. The summed E-state index contributed by atoms with van der Waals surface area (Å²) in [7, 11) is 0. The molecule has 5 nitrogen and oxygen atoms in total. The lowest BCUT2D eigenvalue weighted by molar-refractivity contribution is 0.0865. The van der Waals surface area contributed by atoms with Crippen LogP contribution in [0.5, 0.6) is 11.5 Å². The minimum Gasteiger partial charge on any atom is -0.504 e. The quantitative estimate of drug-likeness (QED) is 0.618. The second-order valence-corrected chi connectivity index (χ2v) is 6.52. The molecule has 0 unspecified atom stereocenters. The first-order valence-corrected chi connectivity index (χ1v) is 8.83. The molecule has 2 aromatic rings. The number of carbonyl (C=O) groups is 1. The summed E-state index contributed by atoms with van der Waals surface area (Å²) in [5, 5.41) is 18.9. The molecular formula is C21H24N2O3. The van der Waals surface area contributed by atoms with Crippen LogP contribution in [0.25, 0.3) is 6.08 Å². The first-order valence-electron chi connectivity index (χ1n) is 8.83. The highest BCUT2D eigenvalue weighted by Gasteiger charge is 2.19. The maximum Gasteiger partial charge on any atom is 0.176 e. The van der Waals surface area contributed by atoms with Gasteiger partial charge >= 0.3 is 0 Å². The summed E-state index contributed by atoms with van der Waals surface area (Å²) in [6, 6.07) is 14.5. The number of Topliss-reactive ketones (excluding diaryl/α,β-unsaturated/α-hetero) is 1. The number of hydrogen-bond donors (Lipinski definition) is 2. The molecule has 2 aromatic carbocycles. The highest BCUT2D eigenvalue weighted by atomic mass is 16.3. The van der Waals surface area contributed by atoms with Crippen molar-refractivity contribution in [1.82, 2.24) is 9.80 Å². The Morgan fingerprint density at radius 1 is 0.923 bits per heavy atom. The third-order valence-corrected chi connectivity index (χ3v) is 4.60. The van der Waals surface area contributed by atoms with Gasteiger partial charge in [0, 0.05) is 38.3 Å². The number of hydrogen-bond acceptors (Lipinski definition) is 5. The van der Waals surface area contributed by atoms with E-state index in [0.717, 1.165) is 32.7 Å². The molecule has 0 spiro atoms. The van der Waals surface area contributed by atoms with Gasteiger partial charge in [-0.2, -0.15) is 0 Å². The molecule has 26 heavy (non-hydrogen) atoms. The van der Waals surface area contributed by atoms with Gasteiger partial charge in [0.25, 0.3) is 0 Å². The van der Waals surface area contributed by atoms with Crippen molar-refractivity contribution >= 4 is 11.9 Å². The number of phenolic OH excluding ortho intramolecular Hbond substituents is 2. The lowest BCUT2D eigenvalue weighted by atomic mass is 10.1. The third kappa shape index (κ3) is 4.94. The predicted molar refractivity (Wildman–Crippen MR) is 102 cm³/mol. The smallest absolute Gasteiger partial charge is 0.176 e. The van der Waals surface area contributed by atoms with Gasteiger partial charge in [0.2, 0.25) is 0 Å². The number of rotatable bonds is 6. The topological polar surface area (TPSA) is 64.0 Å². The van der Waals surface area contributed by atoms with Gasteiger partial charge in [-0.1, -0.05) is 42.5 Å². The Balaban J connectivity index is 1.44. The number of ketones is 1. The highest BCUT2D eigenvalue weighted by molar-refractivity contribution is 5.98. The lowest BCUT2D eigenvalue weighted by Crippen LogP contribution is -2.47. The molecule has 0 atom stereocenters. The number of benzene rings is 2. The van der Waals surface area contributed by atoms with E-state index in [0.29, 0.717) is 12.1 Å². The van der Waals surface area contributed by atoms with Gasteiger partial charge < -0.3 is 10.2 Å². The molecule has 1 saturated heterocycles. The molecule has 3 rings (SSSR count). The molecule has 0 radical (unpaired) electrons. The third-order valence-electron chi connectivity index (χ3n) is 4.60. The standard InChI is InChI=1S/C21H24N2O3/c24-19-9-8-18(15-20(19)25)21(26)16-23-13-11-22(12-14-23)10-4-7-17-5-2-1-3-6-17/h1-9,15,24-25H,10-14,16H2/b7-4-. The van der Waals surface area contributed by atoms with Crippen molar-refractivity contribution in [3.8, 4) is 11.5 Å². The van der Waals surface area contributed by atoms with Crippen molar-refractivity contribution in [3.63, 3.8) is 0 Å². The molecule has 2 N–H and O–H groups in total.